The Hall–Kier alpha value is -2.78. The topological polar surface area (TPSA) is 120 Å². The second kappa shape index (κ2) is 7.69. The number of nitrogens with one attached hydrogen (secondary N) is 2. The molecule has 0 unspecified atom stereocenters. The van der Waals surface area contributed by atoms with Gasteiger partial charge in [0.1, 0.15) is 11.3 Å². The number of fused-ring (bicyclic) bond motifs is 1. The van der Waals surface area contributed by atoms with E-state index in [9.17, 15) is 14.7 Å². The van der Waals surface area contributed by atoms with E-state index in [0.29, 0.717) is 18.8 Å². The average molecular weight is 385 g/mol. The fourth-order valence-electron chi connectivity index (χ4n) is 3.68. The van der Waals surface area contributed by atoms with Crippen LogP contribution in [0, 0.1) is 0 Å². The van der Waals surface area contributed by atoms with E-state index in [0.717, 1.165) is 30.5 Å². The van der Waals surface area contributed by atoms with Crippen molar-refractivity contribution in [3.63, 3.8) is 0 Å². The van der Waals surface area contributed by atoms with E-state index in [1.165, 1.54) is 6.20 Å². The van der Waals surface area contributed by atoms with Crippen molar-refractivity contribution in [2.75, 3.05) is 32.8 Å². The molecule has 3 heterocycles. The molecule has 1 atom stereocenters. The van der Waals surface area contributed by atoms with Crippen LogP contribution in [0.4, 0.5) is 0 Å². The molecule has 2 amide bonds. The molecule has 9 nitrogen and oxygen atoms in total. The molecule has 0 aromatic carbocycles. The van der Waals surface area contributed by atoms with Gasteiger partial charge in [-0.3, -0.25) is 19.7 Å². The number of aliphatic hydroxyl groups is 1. The third-order valence-electron chi connectivity index (χ3n) is 5.13. The normalized spacial score (nSPS) is 21.8. The summed E-state index contributed by atoms with van der Waals surface area (Å²) < 4.78 is 5.50. The lowest BCUT2D eigenvalue weighted by molar-refractivity contribution is -0.0324. The zero-order chi connectivity index (χ0) is 19.6. The maximum atomic E-state index is 13.0. The van der Waals surface area contributed by atoms with Gasteiger partial charge in [-0.25, -0.2) is 0 Å². The van der Waals surface area contributed by atoms with Gasteiger partial charge in [0.15, 0.2) is 5.69 Å². The monoisotopic (exact) mass is 385 g/mol. The predicted molar refractivity (Wildman–Crippen MR) is 98.9 cm³/mol. The van der Waals surface area contributed by atoms with Gasteiger partial charge in [-0.1, -0.05) is 6.07 Å². The minimum absolute atomic E-state index is 0.0257. The number of carbonyl (C=O) groups excluding carboxylic acids is 2. The van der Waals surface area contributed by atoms with Crippen molar-refractivity contribution < 1.29 is 19.4 Å². The van der Waals surface area contributed by atoms with E-state index in [1.54, 1.807) is 23.1 Å². The molecule has 0 saturated carbocycles. The molecule has 0 radical (unpaired) electrons. The number of amides is 2. The highest BCUT2D eigenvalue weighted by Gasteiger charge is 2.37. The van der Waals surface area contributed by atoms with Gasteiger partial charge in [0.05, 0.1) is 26.3 Å². The fourth-order valence-corrected chi connectivity index (χ4v) is 3.68. The predicted octanol–water partition coefficient (Wildman–Crippen LogP) is -0.0731. The standard InChI is InChI=1S/C19H23N5O4/c25-17(15-5-1-2-7-20-15)21-10-19(27)11-24(8-9-28-12-19)18(26)16-13-4-3-6-14(13)22-23-16/h1-2,5,7,27H,3-4,6,8-12H2,(H,21,25)(H,22,23)/t19-/m1/s1. The summed E-state index contributed by atoms with van der Waals surface area (Å²) in [6.07, 6.45) is 4.28. The van der Waals surface area contributed by atoms with Crippen molar-refractivity contribution >= 4 is 11.8 Å². The maximum absolute atomic E-state index is 13.0. The van der Waals surface area contributed by atoms with E-state index in [2.05, 4.69) is 20.5 Å². The zero-order valence-corrected chi connectivity index (χ0v) is 15.5. The first kappa shape index (κ1) is 18.6. The number of hydrogen-bond donors (Lipinski definition) is 3. The molecule has 28 heavy (non-hydrogen) atoms. The third kappa shape index (κ3) is 3.76. The van der Waals surface area contributed by atoms with E-state index >= 15 is 0 Å². The number of H-pyrrole nitrogens is 1. The first-order valence-electron chi connectivity index (χ1n) is 9.40. The van der Waals surface area contributed by atoms with Crippen LogP contribution in [0.1, 0.15) is 38.7 Å². The number of ether oxygens (including phenoxy) is 1. The Balaban J connectivity index is 1.44. The molecule has 4 rings (SSSR count). The highest BCUT2D eigenvalue weighted by atomic mass is 16.5. The van der Waals surface area contributed by atoms with Crippen molar-refractivity contribution in [3.05, 3.63) is 47.0 Å². The summed E-state index contributed by atoms with van der Waals surface area (Å²) in [5.74, 6) is -0.611. The van der Waals surface area contributed by atoms with Gasteiger partial charge in [-0.05, 0) is 31.4 Å². The van der Waals surface area contributed by atoms with Gasteiger partial charge >= 0.3 is 0 Å². The van der Waals surface area contributed by atoms with Gasteiger partial charge in [-0.2, -0.15) is 5.10 Å². The quantitative estimate of drug-likeness (QED) is 0.677. The Labute approximate surface area is 162 Å². The Morgan fingerprint density at radius 1 is 1.36 bits per heavy atom. The van der Waals surface area contributed by atoms with Crippen LogP contribution in [0.5, 0.6) is 0 Å². The molecule has 2 aliphatic rings. The maximum Gasteiger partial charge on any atom is 0.274 e. The molecule has 0 spiro atoms. The molecule has 2 aromatic rings. The third-order valence-corrected chi connectivity index (χ3v) is 5.13. The van der Waals surface area contributed by atoms with Gasteiger partial charge < -0.3 is 20.1 Å². The number of rotatable bonds is 4. The number of β-amino-alcohol motifs (C(OH)–C–C–N with tert-alkyl or cyclic N) is 1. The summed E-state index contributed by atoms with van der Waals surface area (Å²) in [6.45, 7) is 0.699. The van der Waals surface area contributed by atoms with E-state index in [1.807, 2.05) is 0 Å². The highest BCUT2D eigenvalue weighted by molar-refractivity contribution is 5.94. The Morgan fingerprint density at radius 2 is 2.25 bits per heavy atom. The lowest BCUT2D eigenvalue weighted by Gasteiger charge is -2.30. The summed E-state index contributed by atoms with van der Waals surface area (Å²) >= 11 is 0. The van der Waals surface area contributed by atoms with Crippen LogP contribution in [0.3, 0.4) is 0 Å². The Kier molecular flexibility index (Phi) is 5.10. The summed E-state index contributed by atoms with van der Waals surface area (Å²) in [6, 6.07) is 5.03. The van der Waals surface area contributed by atoms with E-state index in [4.69, 9.17) is 4.74 Å². The Morgan fingerprint density at radius 3 is 3.07 bits per heavy atom. The lowest BCUT2D eigenvalue weighted by atomic mass is 10.0. The number of carbonyl (C=O) groups is 2. The van der Waals surface area contributed by atoms with Crippen molar-refractivity contribution in [3.8, 4) is 0 Å². The lowest BCUT2D eigenvalue weighted by Crippen LogP contribution is -2.53. The minimum Gasteiger partial charge on any atom is -0.384 e. The first-order valence-corrected chi connectivity index (χ1v) is 9.40. The SMILES string of the molecule is O=C(NC[C@]1(O)COCCN(C(=O)c2n[nH]c3c2CCC3)C1)c1ccccn1. The summed E-state index contributed by atoms with van der Waals surface area (Å²) in [4.78, 5) is 30.8. The van der Waals surface area contributed by atoms with Crippen LogP contribution >= 0.6 is 0 Å². The number of aromatic amines is 1. The number of nitrogens with zero attached hydrogens (tertiary/aromatic N) is 3. The van der Waals surface area contributed by atoms with Gasteiger partial charge in [0.25, 0.3) is 11.8 Å². The summed E-state index contributed by atoms with van der Waals surface area (Å²) in [5, 5.41) is 20.8. The highest BCUT2D eigenvalue weighted by Crippen LogP contribution is 2.24. The number of hydrogen-bond acceptors (Lipinski definition) is 6. The molecule has 9 heteroatoms. The summed E-state index contributed by atoms with van der Waals surface area (Å²) in [5.41, 5.74) is 1.29. The molecule has 3 N–H and O–H groups in total. The van der Waals surface area contributed by atoms with Crippen LogP contribution in [-0.4, -0.2) is 75.5 Å². The number of aryl methyl sites for hydroxylation is 1. The van der Waals surface area contributed by atoms with Gasteiger partial charge in [-0.15, -0.1) is 0 Å². The fraction of sp³-hybridized carbons (Fsp3) is 0.474. The molecule has 1 fully saturated rings. The largest absolute Gasteiger partial charge is 0.384 e. The molecular formula is C19H23N5O4. The molecule has 1 saturated heterocycles. The molecule has 148 valence electrons. The zero-order valence-electron chi connectivity index (χ0n) is 15.5. The van der Waals surface area contributed by atoms with Gasteiger partial charge in [0.2, 0.25) is 0 Å². The number of pyridine rings is 1. The van der Waals surface area contributed by atoms with Crippen LogP contribution < -0.4 is 5.32 Å². The van der Waals surface area contributed by atoms with Crippen LogP contribution in [0.25, 0.3) is 0 Å². The second-order valence-corrected chi connectivity index (χ2v) is 7.28. The molecular weight excluding hydrogens is 362 g/mol. The van der Waals surface area contributed by atoms with Gasteiger partial charge in [0, 0.05) is 24.0 Å². The van der Waals surface area contributed by atoms with Crippen LogP contribution in [0.2, 0.25) is 0 Å². The van der Waals surface area contributed by atoms with Crippen molar-refractivity contribution in [1.29, 1.82) is 0 Å². The summed E-state index contributed by atoms with van der Waals surface area (Å²) in [7, 11) is 0. The second-order valence-electron chi connectivity index (χ2n) is 7.28. The molecule has 2 aromatic heterocycles. The average Bonchev–Trinajstić information content (AvgIpc) is 3.27. The number of aromatic nitrogens is 3. The minimum atomic E-state index is -1.39. The molecule has 1 aliphatic carbocycles. The first-order chi connectivity index (χ1) is 13.6. The smallest absolute Gasteiger partial charge is 0.274 e. The van der Waals surface area contributed by atoms with Crippen LogP contribution in [0.15, 0.2) is 24.4 Å². The van der Waals surface area contributed by atoms with Crippen molar-refractivity contribution in [1.82, 2.24) is 25.4 Å². The van der Waals surface area contributed by atoms with Crippen molar-refractivity contribution in [2.45, 2.75) is 24.9 Å². The Bertz CT molecular complexity index is 868. The molecule has 1 aliphatic heterocycles. The molecule has 0 bridgehead atoms. The van der Waals surface area contributed by atoms with Crippen LogP contribution in [-0.2, 0) is 17.6 Å². The van der Waals surface area contributed by atoms with Crippen molar-refractivity contribution in [2.24, 2.45) is 0 Å². The van der Waals surface area contributed by atoms with E-state index < -0.39 is 5.60 Å². The van der Waals surface area contributed by atoms with E-state index in [-0.39, 0.29) is 37.2 Å².